The van der Waals surface area contributed by atoms with Gasteiger partial charge in [-0.1, -0.05) is 17.7 Å². The molecular formula is C12H20N3O3PS2. The largest absolute Gasteiger partial charge is 0.346 e. The van der Waals surface area contributed by atoms with E-state index in [1.807, 2.05) is 31.2 Å². The summed E-state index contributed by atoms with van der Waals surface area (Å²) < 4.78 is 25.8. The van der Waals surface area contributed by atoms with Crippen LogP contribution >= 0.6 is 6.57 Å². The lowest BCUT2D eigenvalue weighted by Crippen LogP contribution is -2.15. The molecule has 0 aliphatic rings. The lowest BCUT2D eigenvalue weighted by atomic mass is 10.2. The summed E-state index contributed by atoms with van der Waals surface area (Å²) in [6.45, 7) is -0.725. The minimum absolute atomic E-state index is 0.0562. The minimum atomic E-state index is -3.03. The van der Waals surface area contributed by atoms with Crippen molar-refractivity contribution < 1.29 is 13.3 Å². The van der Waals surface area contributed by atoms with Crippen molar-refractivity contribution in [2.24, 2.45) is 4.76 Å². The predicted octanol–water partition coefficient (Wildman–Crippen LogP) is 1.68. The Labute approximate surface area is 130 Å². The fraction of sp³-hybridized carbons (Fsp3) is 0.417. The normalized spacial score (nSPS) is 15.0. The molecule has 1 atom stereocenters. The molecule has 1 unspecified atom stereocenters. The maximum atomic E-state index is 11.0. The Balaban J connectivity index is 2.39. The van der Waals surface area contributed by atoms with Gasteiger partial charge in [0.2, 0.25) is 6.57 Å². The van der Waals surface area contributed by atoms with Crippen molar-refractivity contribution in [3.05, 3.63) is 29.8 Å². The van der Waals surface area contributed by atoms with Crippen molar-refractivity contribution in [3.63, 3.8) is 0 Å². The number of aryl methyl sites for hydroxylation is 1. The van der Waals surface area contributed by atoms with Crippen LogP contribution in [0, 0.1) is 6.92 Å². The molecule has 0 bridgehead atoms. The zero-order valence-corrected chi connectivity index (χ0v) is 14.5. The molecule has 3 N–H and O–H groups in total. The first kappa shape index (κ1) is 18.3. The van der Waals surface area contributed by atoms with Crippen molar-refractivity contribution in [1.29, 1.82) is 0 Å². The Bertz CT molecular complexity index is 630. The number of hydrogen-bond acceptors (Lipinski definition) is 3. The second-order valence-electron chi connectivity index (χ2n) is 4.69. The second-order valence-corrected chi connectivity index (χ2v) is 10.1. The Hall–Kier alpha value is -0.790. The lowest BCUT2D eigenvalue weighted by Gasteiger charge is -2.11. The SMILES string of the molecule is Cc1ccc(NC=NP(O)(=S)NCCCS(C)(=O)=O)cc1. The highest BCUT2D eigenvalue weighted by Crippen LogP contribution is 2.36. The highest BCUT2D eigenvalue weighted by atomic mass is 32.4. The topological polar surface area (TPSA) is 90.8 Å². The zero-order valence-electron chi connectivity index (χ0n) is 12.0. The predicted molar refractivity (Wildman–Crippen MR) is 92.1 cm³/mol. The van der Waals surface area contributed by atoms with Gasteiger partial charge in [-0.05, 0) is 37.3 Å². The maximum absolute atomic E-state index is 11.0. The lowest BCUT2D eigenvalue weighted by molar-refractivity contribution is 0.591. The van der Waals surface area contributed by atoms with Crippen LogP contribution in [-0.2, 0) is 21.6 Å². The Morgan fingerprint density at radius 3 is 2.57 bits per heavy atom. The van der Waals surface area contributed by atoms with Gasteiger partial charge < -0.3 is 10.2 Å². The van der Waals surface area contributed by atoms with E-state index in [-0.39, 0.29) is 5.75 Å². The first-order chi connectivity index (χ1) is 9.68. The summed E-state index contributed by atoms with van der Waals surface area (Å²) in [6.07, 6.45) is 2.92. The number of benzene rings is 1. The van der Waals surface area contributed by atoms with Crippen molar-refractivity contribution in [1.82, 2.24) is 5.09 Å². The van der Waals surface area contributed by atoms with E-state index < -0.39 is 16.4 Å². The highest BCUT2D eigenvalue weighted by molar-refractivity contribution is 8.10. The van der Waals surface area contributed by atoms with Gasteiger partial charge in [0.15, 0.2) is 0 Å². The first-order valence-corrected chi connectivity index (χ1v) is 11.1. The quantitative estimate of drug-likeness (QED) is 0.286. The molecule has 0 aliphatic carbocycles. The Morgan fingerprint density at radius 1 is 1.38 bits per heavy atom. The molecule has 0 saturated carbocycles. The number of nitrogens with zero attached hydrogens (tertiary/aromatic N) is 1. The van der Waals surface area contributed by atoms with Crippen LogP contribution in [0.1, 0.15) is 12.0 Å². The Morgan fingerprint density at radius 2 is 2.00 bits per heavy atom. The maximum Gasteiger partial charge on any atom is 0.243 e. The average Bonchev–Trinajstić information content (AvgIpc) is 2.36. The third kappa shape index (κ3) is 8.95. The van der Waals surface area contributed by atoms with Gasteiger partial charge in [0.25, 0.3) is 0 Å². The highest BCUT2D eigenvalue weighted by Gasteiger charge is 2.09. The summed E-state index contributed by atoms with van der Waals surface area (Å²) in [7, 11) is -2.99. The number of nitrogens with one attached hydrogen (secondary N) is 2. The summed E-state index contributed by atoms with van der Waals surface area (Å²) in [5, 5.41) is 5.62. The number of anilines is 1. The van der Waals surface area contributed by atoms with E-state index in [0.717, 1.165) is 11.3 Å². The molecule has 0 saturated heterocycles. The molecule has 1 aromatic rings. The van der Waals surface area contributed by atoms with Gasteiger partial charge in [0.1, 0.15) is 9.84 Å². The molecule has 118 valence electrons. The van der Waals surface area contributed by atoms with Gasteiger partial charge in [-0.3, -0.25) is 0 Å². The molecular weight excluding hydrogens is 329 g/mol. The average molecular weight is 349 g/mol. The second kappa shape index (κ2) is 8.00. The zero-order chi connectivity index (χ0) is 15.9. The number of hydrogen-bond donors (Lipinski definition) is 3. The molecule has 1 aromatic carbocycles. The fourth-order valence-corrected chi connectivity index (χ4v) is 3.26. The molecule has 0 aliphatic heterocycles. The van der Waals surface area contributed by atoms with Crippen LogP contribution in [-0.4, -0.2) is 38.2 Å². The van der Waals surface area contributed by atoms with Crippen LogP contribution in [0.5, 0.6) is 0 Å². The molecule has 1 rings (SSSR count). The van der Waals surface area contributed by atoms with Gasteiger partial charge in [-0.15, -0.1) is 0 Å². The summed E-state index contributed by atoms with van der Waals surface area (Å²) in [6, 6.07) is 7.69. The molecule has 0 radical (unpaired) electrons. The number of rotatable bonds is 8. The summed E-state index contributed by atoms with van der Waals surface area (Å²) in [5.41, 5.74) is 1.99. The molecule has 0 aromatic heterocycles. The van der Waals surface area contributed by atoms with E-state index in [4.69, 9.17) is 11.8 Å². The van der Waals surface area contributed by atoms with Crippen LogP contribution in [0.4, 0.5) is 5.69 Å². The van der Waals surface area contributed by atoms with Crippen molar-refractivity contribution in [2.75, 3.05) is 23.9 Å². The van der Waals surface area contributed by atoms with E-state index in [9.17, 15) is 13.3 Å². The monoisotopic (exact) mass is 349 g/mol. The van der Waals surface area contributed by atoms with Crippen LogP contribution in [0.15, 0.2) is 29.0 Å². The summed E-state index contributed by atoms with van der Waals surface area (Å²) >= 11 is 4.95. The Kier molecular flexibility index (Phi) is 6.96. The molecule has 0 amide bonds. The van der Waals surface area contributed by atoms with E-state index in [1.54, 1.807) is 0 Å². The van der Waals surface area contributed by atoms with Crippen LogP contribution in [0.25, 0.3) is 0 Å². The third-order valence-electron chi connectivity index (χ3n) is 2.51. The molecule has 6 nitrogen and oxygen atoms in total. The van der Waals surface area contributed by atoms with Crippen LogP contribution in [0.3, 0.4) is 0 Å². The van der Waals surface area contributed by atoms with Crippen molar-refractivity contribution in [3.8, 4) is 0 Å². The van der Waals surface area contributed by atoms with Crippen molar-refractivity contribution >= 4 is 40.2 Å². The van der Waals surface area contributed by atoms with E-state index in [2.05, 4.69) is 15.2 Å². The summed E-state index contributed by atoms with van der Waals surface area (Å²) in [5.74, 6) is 0.0562. The van der Waals surface area contributed by atoms with Gasteiger partial charge in [0.05, 0.1) is 12.1 Å². The molecule has 21 heavy (non-hydrogen) atoms. The standard InChI is InChI=1S/C12H20N3O3PS2/c1-11-4-6-12(7-5-11)13-10-15-19(16,20)14-8-3-9-21(2,17)18/h4-7,10H,3,8-9H2,1-2H3,(H3,13,14,15,16,20). The minimum Gasteiger partial charge on any atom is -0.346 e. The van der Waals surface area contributed by atoms with Gasteiger partial charge >= 0.3 is 0 Å². The van der Waals surface area contributed by atoms with Gasteiger partial charge in [0, 0.05) is 18.5 Å². The number of sulfone groups is 1. The van der Waals surface area contributed by atoms with E-state index in [1.165, 1.54) is 12.6 Å². The fourth-order valence-electron chi connectivity index (χ4n) is 1.43. The van der Waals surface area contributed by atoms with Gasteiger partial charge in [-0.25, -0.2) is 18.3 Å². The summed E-state index contributed by atoms with van der Waals surface area (Å²) in [4.78, 5) is 9.89. The molecule has 0 heterocycles. The van der Waals surface area contributed by atoms with E-state index in [0.29, 0.717) is 13.0 Å². The van der Waals surface area contributed by atoms with Crippen LogP contribution in [0.2, 0.25) is 0 Å². The van der Waals surface area contributed by atoms with Gasteiger partial charge in [-0.2, -0.15) is 0 Å². The first-order valence-electron chi connectivity index (χ1n) is 6.31. The van der Waals surface area contributed by atoms with Crippen LogP contribution < -0.4 is 10.4 Å². The third-order valence-corrected chi connectivity index (χ3v) is 5.27. The van der Waals surface area contributed by atoms with E-state index >= 15 is 0 Å². The van der Waals surface area contributed by atoms with Crippen molar-refractivity contribution in [2.45, 2.75) is 13.3 Å². The molecule has 0 spiro atoms. The molecule has 9 heteroatoms. The molecule has 0 fully saturated rings. The smallest absolute Gasteiger partial charge is 0.243 e.